The predicted octanol–water partition coefficient (Wildman–Crippen LogP) is 4.30. The molecular weight excluding hydrogens is 372 g/mol. The van der Waals surface area contributed by atoms with Gasteiger partial charge >= 0.3 is 0 Å². The number of benzene rings is 1. The third-order valence-electron chi connectivity index (χ3n) is 3.43. The van der Waals surface area contributed by atoms with Crippen molar-refractivity contribution in [3.05, 3.63) is 35.4 Å². The second kappa shape index (κ2) is 3.08. The van der Waals surface area contributed by atoms with Crippen LogP contribution in [0.25, 0.3) is 0 Å². The second-order valence-corrected chi connectivity index (χ2v) is 7.57. The number of rotatable bonds is 0. The first kappa shape index (κ1) is 9.86. The number of hydrogen-bond acceptors (Lipinski definition) is 0. The van der Waals surface area contributed by atoms with Crippen LogP contribution in [0.1, 0.15) is 23.5 Å². The van der Waals surface area contributed by atoms with Crippen molar-refractivity contribution in [2.45, 2.75) is 26.3 Å². The van der Waals surface area contributed by atoms with Gasteiger partial charge in [-0.05, 0) is 23.5 Å². The normalized spacial score (nSPS) is 44.1. The van der Waals surface area contributed by atoms with Crippen LogP contribution in [0.3, 0.4) is 0 Å². The minimum atomic E-state index is 0.155. The molecule has 0 spiro atoms. The van der Waals surface area contributed by atoms with Gasteiger partial charge in [0.2, 0.25) is 0 Å². The molecule has 4 atom stereocenters. The van der Waals surface area contributed by atoms with Gasteiger partial charge in [0, 0.05) is 9.65 Å². The molecule has 1 aromatic carbocycles. The lowest BCUT2D eigenvalue weighted by Crippen LogP contribution is -2.30. The Morgan fingerprint density at radius 2 is 1.93 bits per heavy atom. The third kappa shape index (κ3) is 1.04. The van der Waals surface area contributed by atoms with Gasteiger partial charge in [-0.1, -0.05) is 72.1 Å². The van der Waals surface area contributed by atoms with Gasteiger partial charge in [-0.25, -0.2) is 0 Å². The van der Waals surface area contributed by atoms with E-state index in [0.717, 1.165) is 0 Å². The first-order valence-electron chi connectivity index (χ1n) is 4.71. The highest BCUT2D eigenvalue weighted by Crippen LogP contribution is 2.64. The minimum absolute atomic E-state index is 0.155. The van der Waals surface area contributed by atoms with E-state index in [1.165, 1.54) is 17.5 Å². The fourth-order valence-electron chi connectivity index (χ4n) is 2.74. The molecule has 2 aliphatic rings. The molecule has 0 N–H and O–H groups in total. The SMILES string of the molecule is Br[C@@H]1[C@@H](Br)[C@@]2(Br)C[C@H]1c1ccccc12. The highest BCUT2D eigenvalue weighted by atomic mass is 79.9. The maximum absolute atomic E-state index is 3.91. The first-order chi connectivity index (χ1) is 6.64. The Morgan fingerprint density at radius 3 is 2.71 bits per heavy atom. The Hall–Kier alpha value is 0.660. The largest absolute Gasteiger partial charge is 0.0871 e. The van der Waals surface area contributed by atoms with E-state index in [9.17, 15) is 0 Å². The number of fused-ring (bicyclic) bond motifs is 5. The van der Waals surface area contributed by atoms with Gasteiger partial charge in [-0.2, -0.15) is 0 Å². The van der Waals surface area contributed by atoms with Crippen molar-refractivity contribution in [3.8, 4) is 0 Å². The molecule has 0 saturated heterocycles. The molecule has 0 amide bonds. The zero-order valence-corrected chi connectivity index (χ0v) is 12.1. The molecule has 2 bridgehead atoms. The monoisotopic (exact) mass is 378 g/mol. The average Bonchev–Trinajstić information content (AvgIpc) is 2.62. The van der Waals surface area contributed by atoms with E-state index < -0.39 is 0 Å². The van der Waals surface area contributed by atoms with Crippen LogP contribution in [0.5, 0.6) is 0 Å². The van der Waals surface area contributed by atoms with Crippen LogP contribution >= 0.6 is 47.8 Å². The van der Waals surface area contributed by atoms with Gasteiger partial charge in [0.15, 0.2) is 0 Å². The van der Waals surface area contributed by atoms with Crippen molar-refractivity contribution in [1.29, 1.82) is 0 Å². The molecule has 3 rings (SSSR count). The molecule has 74 valence electrons. The summed E-state index contributed by atoms with van der Waals surface area (Å²) in [7, 11) is 0. The molecular formula is C11H9Br3. The van der Waals surface area contributed by atoms with Gasteiger partial charge in [-0.15, -0.1) is 0 Å². The fourth-order valence-corrected chi connectivity index (χ4v) is 5.81. The van der Waals surface area contributed by atoms with Crippen molar-refractivity contribution >= 4 is 47.8 Å². The summed E-state index contributed by atoms with van der Waals surface area (Å²) < 4.78 is 0.155. The maximum atomic E-state index is 3.91. The summed E-state index contributed by atoms with van der Waals surface area (Å²) in [6.07, 6.45) is 1.21. The lowest BCUT2D eigenvalue weighted by molar-refractivity contribution is 0.714. The highest BCUT2D eigenvalue weighted by molar-refractivity contribution is 9.13. The van der Waals surface area contributed by atoms with Gasteiger partial charge in [0.05, 0.1) is 4.32 Å². The van der Waals surface area contributed by atoms with Crippen LogP contribution in [0.15, 0.2) is 24.3 Å². The second-order valence-electron chi connectivity index (χ2n) is 4.11. The Morgan fingerprint density at radius 1 is 1.21 bits per heavy atom. The minimum Gasteiger partial charge on any atom is -0.0871 e. The average molecular weight is 381 g/mol. The lowest BCUT2D eigenvalue weighted by atomic mass is 9.92. The fraction of sp³-hybridized carbons (Fsp3) is 0.455. The van der Waals surface area contributed by atoms with E-state index >= 15 is 0 Å². The van der Waals surface area contributed by atoms with Crippen LogP contribution in [-0.4, -0.2) is 9.65 Å². The number of halogens is 3. The summed E-state index contributed by atoms with van der Waals surface area (Å²) in [5, 5.41) is 0. The molecule has 0 nitrogen and oxygen atoms in total. The van der Waals surface area contributed by atoms with E-state index in [1.807, 2.05) is 0 Å². The van der Waals surface area contributed by atoms with Crippen molar-refractivity contribution in [1.82, 2.24) is 0 Å². The summed E-state index contributed by atoms with van der Waals surface area (Å²) in [5.41, 5.74) is 2.99. The third-order valence-corrected chi connectivity index (χ3v) is 8.51. The maximum Gasteiger partial charge on any atom is 0.0650 e. The van der Waals surface area contributed by atoms with Gasteiger partial charge in [0.25, 0.3) is 0 Å². The van der Waals surface area contributed by atoms with E-state index in [4.69, 9.17) is 0 Å². The van der Waals surface area contributed by atoms with Gasteiger partial charge in [0.1, 0.15) is 0 Å². The van der Waals surface area contributed by atoms with Crippen molar-refractivity contribution < 1.29 is 0 Å². The van der Waals surface area contributed by atoms with Crippen molar-refractivity contribution in [2.75, 3.05) is 0 Å². The smallest absolute Gasteiger partial charge is 0.0650 e. The van der Waals surface area contributed by atoms with E-state index in [1.54, 1.807) is 0 Å². The molecule has 0 unspecified atom stereocenters. The van der Waals surface area contributed by atoms with E-state index in [-0.39, 0.29) is 4.32 Å². The van der Waals surface area contributed by atoms with E-state index in [2.05, 4.69) is 72.1 Å². The molecule has 14 heavy (non-hydrogen) atoms. The molecule has 0 radical (unpaired) electrons. The van der Waals surface area contributed by atoms with Crippen LogP contribution in [0, 0.1) is 0 Å². The Bertz CT molecular complexity index is 390. The van der Waals surface area contributed by atoms with Crippen molar-refractivity contribution in [2.24, 2.45) is 0 Å². The topological polar surface area (TPSA) is 0 Å². The Kier molecular flexibility index (Phi) is 2.17. The summed E-state index contributed by atoms with van der Waals surface area (Å²) >= 11 is 11.5. The summed E-state index contributed by atoms with van der Waals surface area (Å²) in [6.45, 7) is 0. The molecule has 3 heteroatoms. The standard InChI is InChI=1S/C11H9Br3/c12-9-7-5-11(14,10(9)13)8-4-2-1-3-6(7)8/h1-4,7,9-10H,5H2/t7-,9-,10+,11+/m0/s1. The van der Waals surface area contributed by atoms with Crippen LogP contribution in [0.4, 0.5) is 0 Å². The van der Waals surface area contributed by atoms with Crippen molar-refractivity contribution in [3.63, 3.8) is 0 Å². The molecule has 0 aliphatic heterocycles. The zero-order chi connectivity index (χ0) is 9.92. The van der Waals surface area contributed by atoms with E-state index in [0.29, 0.717) is 15.6 Å². The zero-order valence-electron chi connectivity index (χ0n) is 7.38. The molecule has 2 aliphatic carbocycles. The highest BCUT2D eigenvalue weighted by Gasteiger charge is 2.57. The Labute approximate surface area is 109 Å². The number of hydrogen-bond donors (Lipinski definition) is 0. The molecule has 1 saturated carbocycles. The summed E-state index contributed by atoms with van der Waals surface area (Å²) in [5.74, 6) is 0.662. The molecule has 1 fully saturated rings. The van der Waals surface area contributed by atoms with Crippen LogP contribution < -0.4 is 0 Å². The molecule has 0 aromatic heterocycles. The first-order valence-corrected chi connectivity index (χ1v) is 7.33. The number of alkyl halides is 3. The summed E-state index contributed by atoms with van der Waals surface area (Å²) in [4.78, 5) is 1.05. The Balaban J connectivity index is 2.24. The van der Waals surface area contributed by atoms with Crippen LogP contribution in [0.2, 0.25) is 0 Å². The lowest BCUT2D eigenvalue weighted by Gasteiger charge is -2.30. The predicted molar refractivity (Wildman–Crippen MR) is 69.8 cm³/mol. The summed E-state index contributed by atoms with van der Waals surface area (Å²) in [6, 6.07) is 8.78. The van der Waals surface area contributed by atoms with Gasteiger partial charge < -0.3 is 0 Å². The molecule has 1 aromatic rings. The van der Waals surface area contributed by atoms with Crippen LogP contribution in [-0.2, 0) is 4.32 Å². The quantitative estimate of drug-likeness (QED) is 0.588. The van der Waals surface area contributed by atoms with Gasteiger partial charge in [-0.3, -0.25) is 0 Å². The molecule has 0 heterocycles.